The summed E-state index contributed by atoms with van der Waals surface area (Å²) in [5, 5.41) is 4.51. The summed E-state index contributed by atoms with van der Waals surface area (Å²) >= 11 is 0. The number of nitrogens with zero attached hydrogens (tertiary/aromatic N) is 2. The van der Waals surface area contributed by atoms with Gasteiger partial charge in [-0.2, -0.15) is 0 Å². The Bertz CT molecular complexity index is 1150. The Morgan fingerprint density at radius 1 is 1.16 bits per heavy atom. The van der Waals surface area contributed by atoms with Crippen LogP contribution in [0.1, 0.15) is 56.9 Å². The first-order valence-electron chi connectivity index (χ1n) is 12.0. The van der Waals surface area contributed by atoms with E-state index in [1.807, 2.05) is 17.4 Å². The molecule has 1 aromatic heterocycles. The van der Waals surface area contributed by atoms with Crippen LogP contribution < -0.4 is 5.84 Å². The number of allylic oxidation sites excluding steroid dienone is 1. The third kappa shape index (κ3) is 2.33. The molecule has 1 saturated carbocycles. The molecule has 0 radical (unpaired) electrons. The van der Waals surface area contributed by atoms with Crippen molar-refractivity contribution < 1.29 is 4.74 Å². The molecule has 0 amide bonds. The first-order valence-corrected chi connectivity index (χ1v) is 12.0. The van der Waals surface area contributed by atoms with E-state index in [2.05, 4.69) is 48.3 Å². The molecule has 31 heavy (non-hydrogen) atoms. The van der Waals surface area contributed by atoms with Crippen molar-refractivity contribution in [3.05, 3.63) is 65.5 Å². The van der Waals surface area contributed by atoms with Crippen molar-refractivity contribution in [2.75, 3.05) is 13.1 Å². The van der Waals surface area contributed by atoms with Crippen molar-refractivity contribution in [1.82, 2.24) is 9.99 Å². The maximum atomic E-state index is 7.22. The predicted octanol–water partition coefficient (Wildman–Crippen LogP) is 4.87. The normalized spacial score (nSPS) is 41.4. The third-order valence-electron chi connectivity index (χ3n) is 9.54. The van der Waals surface area contributed by atoms with Gasteiger partial charge in [-0.3, -0.25) is 10.8 Å². The fourth-order valence-electron chi connectivity index (χ4n) is 8.05. The van der Waals surface area contributed by atoms with Crippen molar-refractivity contribution in [2.45, 2.75) is 62.6 Å². The van der Waals surface area contributed by atoms with Crippen LogP contribution in [-0.2, 0) is 4.74 Å². The van der Waals surface area contributed by atoms with E-state index in [-0.39, 0.29) is 16.6 Å². The molecule has 5 atom stereocenters. The quantitative estimate of drug-likeness (QED) is 0.678. The summed E-state index contributed by atoms with van der Waals surface area (Å²) in [5.74, 6) is 7.41. The summed E-state index contributed by atoms with van der Waals surface area (Å²) in [4.78, 5) is 4.36. The van der Waals surface area contributed by atoms with E-state index in [0.717, 1.165) is 38.8 Å². The van der Waals surface area contributed by atoms with Crippen LogP contribution in [-0.4, -0.2) is 34.3 Å². The van der Waals surface area contributed by atoms with Crippen LogP contribution in [0, 0.1) is 11.3 Å². The Morgan fingerprint density at radius 2 is 2.10 bits per heavy atom. The Balaban J connectivity index is 1.31. The average molecular weight is 414 g/mol. The van der Waals surface area contributed by atoms with Gasteiger partial charge in [-0.15, -0.1) is 0 Å². The van der Waals surface area contributed by atoms with Gasteiger partial charge in [0.25, 0.3) is 0 Å². The highest BCUT2D eigenvalue weighted by Gasteiger charge is 2.66. The molecule has 4 heterocycles. The zero-order chi connectivity index (χ0) is 20.8. The second-order valence-corrected chi connectivity index (χ2v) is 10.9. The molecular formula is C27H31N3O. The summed E-state index contributed by atoms with van der Waals surface area (Å²) in [6.07, 6.45) is 15.9. The molecule has 2 aliphatic carbocycles. The van der Waals surface area contributed by atoms with Gasteiger partial charge in [0, 0.05) is 30.9 Å². The van der Waals surface area contributed by atoms with Crippen LogP contribution in [0.2, 0.25) is 0 Å². The molecule has 5 aliphatic rings. The molecular weight excluding hydrogens is 382 g/mol. The number of nitrogens with two attached hydrogens (primary N) is 1. The lowest BCUT2D eigenvalue weighted by Gasteiger charge is -2.54. The number of hydrogen-bond acceptors (Lipinski definition) is 4. The number of hydrazine groups is 1. The largest absolute Gasteiger partial charge is 0.358 e. The zero-order valence-corrected chi connectivity index (χ0v) is 18.3. The number of fused-ring (bicyclic) bond motifs is 2. The molecule has 3 aliphatic heterocycles. The first kappa shape index (κ1) is 18.6. The van der Waals surface area contributed by atoms with Crippen LogP contribution in [0.15, 0.2) is 60.0 Å². The van der Waals surface area contributed by atoms with Crippen LogP contribution in [0.4, 0.5) is 0 Å². The van der Waals surface area contributed by atoms with Crippen molar-refractivity contribution in [3.8, 4) is 0 Å². The number of benzene rings is 1. The van der Waals surface area contributed by atoms with Crippen LogP contribution in [0.25, 0.3) is 10.8 Å². The minimum atomic E-state index is -0.144. The molecule has 2 aromatic rings. The molecule has 2 spiro atoms. The molecule has 4 heteroatoms. The number of piperidine rings is 1. The minimum absolute atomic E-state index is 0.109. The predicted molar refractivity (Wildman–Crippen MR) is 122 cm³/mol. The number of ether oxygens (including phenoxy) is 1. The summed E-state index contributed by atoms with van der Waals surface area (Å²) in [7, 11) is 0. The van der Waals surface area contributed by atoms with Gasteiger partial charge < -0.3 is 4.74 Å². The van der Waals surface area contributed by atoms with Crippen molar-refractivity contribution >= 4 is 10.8 Å². The fraction of sp³-hybridized carbons (Fsp3) is 0.519. The maximum absolute atomic E-state index is 7.22. The molecule has 1 aromatic carbocycles. The van der Waals surface area contributed by atoms with Gasteiger partial charge in [0.05, 0.1) is 5.60 Å². The highest BCUT2D eigenvalue weighted by molar-refractivity contribution is 5.82. The smallest absolute Gasteiger partial charge is 0.105 e. The van der Waals surface area contributed by atoms with Crippen molar-refractivity contribution in [1.29, 1.82) is 0 Å². The number of pyridine rings is 1. The number of rotatable bonds is 1. The van der Waals surface area contributed by atoms with Gasteiger partial charge in [0.1, 0.15) is 5.60 Å². The van der Waals surface area contributed by atoms with Gasteiger partial charge >= 0.3 is 0 Å². The molecule has 2 N–H and O–H groups in total. The summed E-state index contributed by atoms with van der Waals surface area (Å²) < 4.78 is 7.22. The monoisotopic (exact) mass is 413 g/mol. The molecule has 7 rings (SSSR count). The lowest BCUT2D eigenvalue weighted by Crippen LogP contribution is -2.58. The highest BCUT2D eigenvalue weighted by atomic mass is 16.5. The Kier molecular flexibility index (Phi) is 3.63. The van der Waals surface area contributed by atoms with Crippen molar-refractivity contribution in [2.24, 2.45) is 17.2 Å². The Hall–Kier alpha value is -2.01. The zero-order valence-electron chi connectivity index (χ0n) is 18.3. The standard InChI is InChI=1S/C27H31N3O/c1-25-9-6-22-15-21-8-13-30(28)17-26(21)10-11-27(22,31-26)24(25)5-4-23(25)19-3-2-18-7-12-29-16-20(18)14-19/h2-3,6-7,12,14-16,23-24H,4-5,8-11,13,17,28H2,1H3/t23-,24-,25-,26-,27-/m1/s1. The van der Waals surface area contributed by atoms with E-state index in [9.17, 15) is 0 Å². The van der Waals surface area contributed by atoms with E-state index in [1.54, 1.807) is 0 Å². The number of aromatic nitrogens is 1. The second kappa shape index (κ2) is 6.06. The lowest BCUT2D eigenvalue weighted by molar-refractivity contribution is -0.141. The van der Waals surface area contributed by atoms with Gasteiger partial charge in [-0.05, 0) is 90.0 Å². The van der Waals surface area contributed by atoms with Crippen molar-refractivity contribution in [3.63, 3.8) is 0 Å². The van der Waals surface area contributed by atoms with E-state index in [1.165, 1.54) is 40.3 Å². The summed E-state index contributed by atoms with van der Waals surface area (Å²) in [5.41, 5.74) is 4.43. The van der Waals surface area contributed by atoms with E-state index in [4.69, 9.17) is 10.6 Å². The Labute approximate surface area is 184 Å². The van der Waals surface area contributed by atoms with Gasteiger partial charge in [0.2, 0.25) is 0 Å². The molecule has 2 saturated heterocycles. The van der Waals surface area contributed by atoms with E-state index in [0.29, 0.717) is 11.8 Å². The fourth-order valence-corrected chi connectivity index (χ4v) is 8.05. The summed E-state index contributed by atoms with van der Waals surface area (Å²) in [6.45, 7) is 4.32. The maximum Gasteiger partial charge on any atom is 0.105 e. The average Bonchev–Trinajstić information content (AvgIpc) is 3.28. The van der Waals surface area contributed by atoms with Gasteiger partial charge in [0.15, 0.2) is 0 Å². The van der Waals surface area contributed by atoms with Gasteiger partial charge in [-0.25, -0.2) is 5.01 Å². The van der Waals surface area contributed by atoms with Crippen LogP contribution >= 0.6 is 0 Å². The minimum Gasteiger partial charge on any atom is -0.358 e. The SMILES string of the molecule is C[C@]12CC=C3C=C4CCN(N)C[C@]45CC[C@]3(O5)[C@@H]1CC[C@@H]2c1ccc2ccncc2c1. The van der Waals surface area contributed by atoms with Crippen LogP contribution in [0.3, 0.4) is 0 Å². The molecule has 0 unspecified atom stereocenters. The number of hydrogen-bond donors (Lipinski definition) is 1. The molecule has 3 fully saturated rings. The molecule has 160 valence electrons. The topological polar surface area (TPSA) is 51.4 Å². The lowest BCUT2D eigenvalue weighted by atomic mass is 9.58. The van der Waals surface area contributed by atoms with E-state index < -0.39 is 0 Å². The highest BCUT2D eigenvalue weighted by Crippen LogP contribution is 2.68. The van der Waals surface area contributed by atoms with Gasteiger partial charge in [-0.1, -0.05) is 31.2 Å². The Morgan fingerprint density at radius 3 is 3.03 bits per heavy atom. The first-order chi connectivity index (χ1) is 15.0. The third-order valence-corrected chi connectivity index (χ3v) is 9.54. The molecule has 2 bridgehead atoms. The van der Waals surface area contributed by atoms with Crippen LogP contribution in [0.5, 0.6) is 0 Å². The van der Waals surface area contributed by atoms with E-state index >= 15 is 0 Å². The summed E-state index contributed by atoms with van der Waals surface area (Å²) in [6, 6.07) is 9.14. The second-order valence-electron chi connectivity index (χ2n) is 10.9. The molecule has 4 nitrogen and oxygen atoms in total.